The molecule has 2 N–H and O–H groups in total. The summed E-state index contributed by atoms with van der Waals surface area (Å²) in [5.74, 6) is 1.30. The number of pyridine rings is 1. The van der Waals surface area contributed by atoms with Crippen LogP contribution < -0.4 is 10.6 Å². The average molecular weight is 247 g/mol. The molecule has 0 aliphatic heterocycles. The maximum absolute atomic E-state index is 11.9. The summed E-state index contributed by atoms with van der Waals surface area (Å²) in [4.78, 5) is 4.19. The van der Waals surface area contributed by atoms with Gasteiger partial charge in [-0.05, 0) is 25.5 Å². The molecule has 0 spiro atoms. The summed E-state index contributed by atoms with van der Waals surface area (Å²) in [5, 5.41) is 5.90. The van der Waals surface area contributed by atoms with E-state index in [1.54, 1.807) is 12.1 Å². The fourth-order valence-corrected chi connectivity index (χ4v) is 1.32. The third kappa shape index (κ3) is 5.99. The van der Waals surface area contributed by atoms with Gasteiger partial charge in [-0.25, -0.2) is 4.98 Å². The lowest BCUT2D eigenvalue weighted by Crippen LogP contribution is -2.11. The number of rotatable bonds is 6. The third-order valence-electron chi connectivity index (χ3n) is 2.05. The van der Waals surface area contributed by atoms with Crippen molar-refractivity contribution < 1.29 is 13.2 Å². The van der Waals surface area contributed by atoms with Crippen LogP contribution in [0.2, 0.25) is 0 Å². The summed E-state index contributed by atoms with van der Waals surface area (Å²) in [7, 11) is 0. The summed E-state index contributed by atoms with van der Waals surface area (Å²) >= 11 is 0. The smallest absolute Gasteiger partial charge is 0.370 e. The zero-order valence-corrected chi connectivity index (χ0v) is 9.64. The van der Waals surface area contributed by atoms with E-state index in [9.17, 15) is 13.2 Å². The monoisotopic (exact) mass is 247 g/mol. The summed E-state index contributed by atoms with van der Waals surface area (Å²) in [6.45, 7) is 2.97. The highest BCUT2D eigenvalue weighted by molar-refractivity contribution is 5.44. The first-order chi connectivity index (χ1) is 8.01. The van der Waals surface area contributed by atoms with Crippen LogP contribution in [-0.4, -0.2) is 24.2 Å². The second-order valence-corrected chi connectivity index (χ2v) is 3.58. The Bertz CT molecular complexity index is 339. The molecule has 1 aromatic heterocycles. The van der Waals surface area contributed by atoms with Crippen LogP contribution in [0.3, 0.4) is 0 Å². The average Bonchev–Trinajstić information content (AvgIpc) is 2.24. The lowest BCUT2D eigenvalue weighted by molar-refractivity contribution is -0.134. The van der Waals surface area contributed by atoms with E-state index in [4.69, 9.17) is 0 Å². The molecule has 0 radical (unpaired) electrons. The maximum atomic E-state index is 11.9. The van der Waals surface area contributed by atoms with Crippen molar-refractivity contribution in [3.63, 3.8) is 0 Å². The Kier molecular flexibility index (Phi) is 5.06. The lowest BCUT2D eigenvalue weighted by atomic mass is 10.3. The first kappa shape index (κ1) is 13.6. The van der Waals surface area contributed by atoms with Crippen molar-refractivity contribution in [3.05, 3.63) is 18.2 Å². The van der Waals surface area contributed by atoms with Gasteiger partial charge in [0.25, 0.3) is 0 Å². The van der Waals surface area contributed by atoms with Crippen LogP contribution in [-0.2, 0) is 0 Å². The Morgan fingerprint density at radius 3 is 2.41 bits per heavy atom. The quantitative estimate of drug-likeness (QED) is 0.757. The highest BCUT2D eigenvalue weighted by Crippen LogP contribution is 2.21. The molecule has 0 saturated heterocycles. The highest BCUT2D eigenvalue weighted by atomic mass is 19.4. The fraction of sp³-hybridized carbons (Fsp3) is 0.545. The Morgan fingerprint density at radius 2 is 1.82 bits per heavy atom. The van der Waals surface area contributed by atoms with Crippen LogP contribution in [0, 0.1) is 0 Å². The summed E-state index contributed by atoms with van der Waals surface area (Å²) in [5.41, 5.74) is 0. The van der Waals surface area contributed by atoms with Gasteiger partial charge in [0, 0.05) is 19.5 Å². The zero-order chi connectivity index (χ0) is 12.7. The molecule has 1 heterocycles. The fourth-order valence-electron chi connectivity index (χ4n) is 1.32. The van der Waals surface area contributed by atoms with Gasteiger partial charge in [-0.2, -0.15) is 13.2 Å². The normalized spacial score (nSPS) is 11.3. The first-order valence-corrected chi connectivity index (χ1v) is 5.53. The predicted molar refractivity (Wildman–Crippen MR) is 62.2 cm³/mol. The van der Waals surface area contributed by atoms with E-state index in [-0.39, 0.29) is 13.0 Å². The number of nitrogens with zero attached hydrogens (tertiary/aromatic N) is 1. The van der Waals surface area contributed by atoms with Gasteiger partial charge in [0.15, 0.2) is 0 Å². The molecule has 0 unspecified atom stereocenters. The van der Waals surface area contributed by atoms with Gasteiger partial charge in [-0.3, -0.25) is 0 Å². The van der Waals surface area contributed by atoms with E-state index in [0.717, 1.165) is 6.54 Å². The number of aromatic nitrogens is 1. The van der Waals surface area contributed by atoms with E-state index in [1.807, 2.05) is 13.0 Å². The van der Waals surface area contributed by atoms with Crippen molar-refractivity contribution in [1.29, 1.82) is 0 Å². The summed E-state index contributed by atoms with van der Waals surface area (Å²) in [6.07, 6.45) is -4.80. The maximum Gasteiger partial charge on any atom is 0.389 e. The van der Waals surface area contributed by atoms with Crippen molar-refractivity contribution in [2.24, 2.45) is 0 Å². The van der Waals surface area contributed by atoms with Gasteiger partial charge in [0.1, 0.15) is 11.6 Å². The van der Waals surface area contributed by atoms with Gasteiger partial charge in [0.2, 0.25) is 0 Å². The molecule has 0 saturated carbocycles. The molecule has 0 bridgehead atoms. The summed E-state index contributed by atoms with van der Waals surface area (Å²) < 4.78 is 35.7. The zero-order valence-electron chi connectivity index (χ0n) is 9.64. The third-order valence-corrected chi connectivity index (χ3v) is 2.05. The molecular weight excluding hydrogens is 231 g/mol. The van der Waals surface area contributed by atoms with Crippen LogP contribution >= 0.6 is 0 Å². The largest absolute Gasteiger partial charge is 0.389 e. The first-order valence-electron chi connectivity index (χ1n) is 5.53. The van der Waals surface area contributed by atoms with Crippen molar-refractivity contribution in [3.8, 4) is 0 Å². The molecule has 1 rings (SSSR count). The molecular formula is C11H16F3N3. The van der Waals surface area contributed by atoms with E-state index < -0.39 is 12.6 Å². The number of nitrogens with one attached hydrogen (secondary N) is 2. The van der Waals surface area contributed by atoms with Gasteiger partial charge in [0.05, 0.1) is 0 Å². The molecule has 0 atom stereocenters. The van der Waals surface area contributed by atoms with Crippen molar-refractivity contribution in [1.82, 2.24) is 4.98 Å². The number of halogens is 3. The molecule has 0 aromatic carbocycles. The topological polar surface area (TPSA) is 37.0 Å². The van der Waals surface area contributed by atoms with E-state index in [0.29, 0.717) is 11.6 Å². The minimum absolute atomic E-state index is 0.0522. The minimum atomic E-state index is -4.08. The molecule has 1 aromatic rings. The standard InChI is InChI=1S/C11H16F3N3/c1-2-15-9-5-3-6-10(17-9)16-8-4-7-11(12,13)14/h3,5-6H,2,4,7-8H2,1H3,(H2,15,16,17). The molecule has 3 nitrogen and oxygen atoms in total. The van der Waals surface area contributed by atoms with Crippen molar-refractivity contribution in [2.45, 2.75) is 25.9 Å². The van der Waals surface area contributed by atoms with Gasteiger partial charge in [-0.1, -0.05) is 6.07 Å². The van der Waals surface area contributed by atoms with E-state index in [2.05, 4.69) is 15.6 Å². The number of alkyl halides is 3. The summed E-state index contributed by atoms with van der Waals surface area (Å²) in [6, 6.07) is 5.34. The second-order valence-electron chi connectivity index (χ2n) is 3.58. The van der Waals surface area contributed by atoms with Gasteiger partial charge >= 0.3 is 6.18 Å². The Balaban J connectivity index is 2.34. The number of hydrogen-bond acceptors (Lipinski definition) is 3. The van der Waals surface area contributed by atoms with Crippen LogP contribution in [0.5, 0.6) is 0 Å². The SMILES string of the molecule is CCNc1cccc(NCCCC(F)(F)F)n1. The van der Waals surface area contributed by atoms with Crippen LogP contribution in [0.4, 0.5) is 24.8 Å². The van der Waals surface area contributed by atoms with Gasteiger partial charge in [-0.15, -0.1) is 0 Å². The Hall–Kier alpha value is -1.46. The molecule has 17 heavy (non-hydrogen) atoms. The number of anilines is 2. The second kappa shape index (κ2) is 6.32. The van der Waals surface area contributed by atoms with E-state index >= 15 is 0 Å². The molecule has 0 amide bonds. The number of hydrogen-bond donors (Lipinski definition) is 2. The minimum Gasteiger partial charge on any atom is -0.370 e. The predicted octanol–water partition coefficient (Wildman–Crippen LogP) is 3.27. The Morgan fingerprint density at radius 1 is 1.18 bits per heavy atom. The van der Waals surface area contributed by atoms with Crippen LogP contribution in [0.15, 0.2) is 18.2 Å². The molecule has 96 valence electrons. The molecule has 0 aliphatic rings. The van der Waals surface area contributed by atoms with Gasteiger partial charge < -0.3 is 10.6 Å². The van der Waals surface area contributed by atoms with Crippen molar-refractivity contribution in [2.75, 3.05) is 23.7 Å². The highest BCUT2D eigenvalue weighted by Gasteiger charge is 2.25. The molecule has 0 fully saturated rings. The van der Waals surface area contributed by atoms with Crippen LogP contribution in [0.25, 0.3) is 0 Å². The Labute approximate surface area is 98.4 Å². The van der Waals surface area contributed by atoms with Crippen LogP contribution in [0.1, 0.15) is 19.8 Å². The lowest BCUT2D eigenvalue weighted by Gasteiger charge is -2.09. The van der Waals surface area contributed by atoms with Crippen molar-refractivity contribution >= 4 is 11.6 Å². The molecule has 6 heteroatoms. The van der Waals surface area contributed by atoms with E-state index in [1.165, 1.54) is 0 Å². The molecule has 0 aliphatic carbocycles.